The van der Waals surface area contributed by atoms with Crippen molar-refractivity contribution >= 4 is 22.2 Å². The Kier molecular flexibility index (Phi) is 6.57. The molecule has 0 radical (unpaired) electrons. The minimum absolute atomic E-state index is 0.544. The van der Waals surface area contributed by atoms with Gasteiger partial charge in [0.15, 0.2) is 28.6 Å². The second-order valence-electron chi connectivity index (χ2n) is 11.1. The number of rotatable bonds is 6. The van der Waals surface area contributed by atoms with Gasteiger partial charge >= 0.3 is 0 Å². The molecule has 0 aliphatic heterocycles. The van der Waals surface area contributed by atoms with Gasteiger partial charge in [0.25, 0.3) is 0 Å². The van der Waals surface area contributed by atoms with E-state index < -0.39 is 0 Å². The zero-order valence-electron chi connectivity index (χ0n) is 25.2. The van der Waals surface area contributed by atoms with Crippen LogP contribution in [0.3, 0.4) is 0 Å². The highest BCUT2D eigenvalue weighted by Gasteiger charge is 2.15. The molecule has 0 atom stereocenters. The van der Waals surface area contributed by atoms with Crippen LogP contribution >= 0.6 is 0 Å². The number of para-hydroxylation sites is 4. The van der Waals surface area contributed by atoms with Crippen molar-refractivity contribution in [3.05, 3.63) is 140 Å². The van der Waals surface area contributed by atoms with Gasteiger partial charge in [-0.25, -0.2) is 34.9 Å². The fraction of sp³-hybridized carbons (Fsp3) is 0. The predicted octanol–water partition coefficient (Wildman–Crippen LogP) is 8.95. The minimum atomic E-state index is 0.544. The van der Waals surface area contributed by atoms with Crippen molar-refractivity contribution in [2.75, 3.05) is 0 Å². The van der Waals surface area contributed by atoms with E-state index in [4.69, 9.17) is 23.8 Å². The van der Waals surface area contributed by atoms with E-state index in [0.29, 0.717) is 29.3 Å². The molecule has 9 rings (SSSR count). The predicted molar refractivity (Wildman–Crippen MR) is 183 cm³/mol. The Bertz CT molecular complexity index is 2340. The maximum absolute atomic E-state index is 5.98. The maximum Gasteiger partial charge on any atom is 0.227 e. The van der Waals surface area contributed by atoms with Gasteiger partial charge in [0.1, 0.15) is 17.4 Å². The lowest BCUT2D eigenvalue weighted by atomic mass is 10.1. The first-order valence-electron chi connectivity index (χ1n) is 15.3. The van der Waals surface area contributed by atoms with Crippen LogP contribution in [0.2, 0.25) is 0 Å². The van der Waals surface area contributed by atoms with Crippen LogP contribution in [0.25, 0.3) is 90.4 Å². The summed E-state index contributed by atoms with van der Waals surface area (Å²) in [6.07, 6.45) is 5.09. The molecule has 5 aromatic carbocycles. The molecule has 0 saturated carbocycles. The second kappa shape index (κ2) is 11.5. The average molecular weight is 622 g/mol. The number of aromatic nitrogens is 7. The molecule has 0 N–H and O–H groups in total. The van der Waals surface area contributed by atoms with Gasteiger partial charge in [-0.15, -0.1) is 0 Å². The van der Waals surface area contributed by atoms with Crippen LogP contribution in [-0.4, -0.2) is 34.9 Å². The first-order valence-corrected chi connectivity index (χ1v) is 15.3. The van der Waals surface area contributed by atoms with E-state index >= 15 is 0 Å². The summed E-state index contributed by atoms with van der Waals surface area (Å²) in [5.74, 6) is 2.76. The van der Waals surface area contributed by atoms with Crippen LogP contribution in [-0.2, 0) is 0 Å². The molecule has 0 fully saturated rings. The highest BCUT2D eigenvalue weighted by molar-refractivity contribution is 5.78. The average Bonchev–Trinajstić information content (AvgIpc) is 3.80. The summed E-state index contributed by atoms with van der Waals surface area (Å²) >= 11 is 0. The fourth-order valence-corrected chi connectivity index (χ4v) is 5.54. The smallest absolute Gasteiger partial charge is 0.227 e. The van der Waals surface area contributed by atoms with E-state index in [-0.39, 0.29) is 0 Å². The molecule has 9 aromatic rings. The Morgan fingerprint density at radius 3 is 1.12 bits per heavy atom. The quantitative estimate of drug-likeness (QED) is 0.179. The van der Waals surface area contributed by atoms with E-state index in [2.05, 4.69) is 19.9 Å². The standard InChI is InChI=1S/C39H23N7O2/c1-3-7-33-31(5-1)42-38(47-33)28-17-13-26(14-18-28)36-44-35(25-11-9-24(10-12-25)30-21-40-23-41-22-30)45-37(46-36)27-15-19-29(20-16-27)39-43-32-6-2-4-8-34(32)48-39/h1-23H. The van der Waals surface area contributed by atoms with Gasteiger partial charge in [-0.1, -0.05) is 72.8 Å². The lowest BCUT2D eigenvalue weighted by Gasteiger charge is -2.09. The lowest BCUT2D eigenvalue weighted by Crippen LogP contribution is -2.00. The van der Waals surface area contributed by atoms with Gasteiger partial charge in [0.2, 0.25) is 11.8 Å². The van der Waals surface area contributed by atoms with Crippen molar-refractivity contribution < 1.29 is 8.83 Å². The molecule has 0 spiro atoms. The van der Waals surface area contributed by atoms with Crippen molar-refractivity contribution in [1.82, 2.24) is 34.9 Å². The van der Waals surface area contributed by atoms with Crippen LogP contribution in [0.15, 0.2) is 149 Å². The molecule has 0 aliphatic carbocycles. The highest BCUT2D eigenvalue weighted by Crippen LogP contribution is 2.31. The SMILES string of the molecule is c1ccc2oc(-c3ccc(-c4nc(-c5ccc(-c6cncnc6)cc5)nc(-c5ccc(-c6nc7ccccc7o6)cc5)n4)cc3)nc2c1. The first kappa shape index (κ1) is 27.4. The Labute approximate surface area is 273 Å². The van der Waals surface area contributed by atoms with Crippen molar-refractivity contribution in [1.29, 1.82) is 0 Å². The van der Waals surface area contributed by atoms with E-state index in [1.54, 1.807) is 12.4 Å². The minimum Gasteiger partial charge on any atom is -0.436 e. The van der Waals surface area contributed by atoms with Crippen LogP contribution in [0.1, 0.15) is 0 Å². The number of hydrogen-bond acceptors (Lipinski definition) is 9. The zero-order valence-corrected chi connectivity index (χ0v) is 25.2. The first-order chi connectivity index (χ1) is 23.7. The monoisotopic (exact) mass is 621 g/mol. The molecule has 0 bridgehead atoms. The van der Waals surface area contributed by atoms with Gasteiger partial charge in [-0.2, -0.15) is 0 Å². The third-order valence-electron chi connectivity index (χ3n) is 8.04. The zero-order chi connectivity index (χ0) is 31.9. The van der Waals surface area contributed by atoms with Crippen LogP contribution in [0, 0.1) is 0 Å². The number of nitrogens with zero attached hydrogens (tertiary/aromatic N) is 7. The highest BCUT2D eigenvalue weighted by atomic mass is 16.4. The third kappa shape index (κ3) is 5.15. The topological polar surface area (TPSA) is 117 Å². The molecule has 226 valence electrons. The van der Waals surface area contributed by atoms with Gasteiger partial charge in [0.05, 0.1) is 0 Å². The van der Waals surface area contributed by atoms with Crippen molar-refractivity contribution in [2.24, 2.45) is 0 Å². The summed E-state index contributed by atoms with van der Waals surface area (Å²) in [7, 11) is 0. The largest absolute Gasteiger partial charge is 0.436 e. The normalized spacial score (nSPS) is 11.3. The van der Waals surface area contributed by atoms with E-state index in [1.165, 1.54) is 6.33 Å². The molecular formula is C39H23N7O2. The van der Waals surface area contributed by atoms with Crippen LogP contribution in [0.5, 0.6) is 0 Å². The van der Waals surface area contributed by atoms with Gasteiger partial charge < -0.3 is 8.83 Å². The molecule has 9 nitrogen and oxygen atoms in total. The number of hydrogen-bond donors (Lipinski definition) is 0. The Morgan fingerprint density at radius 2 is 0.708 bits per heavy atom. The van der Waals surface area contributed by atoms with Crippen LogP contribution < -0.4 is 0 Å². The van der Waals surface area contributed by atoms with Crippen molar-refractivity contribution in [2.45, 2.75) is 0 Å². The summed E-state index contributed by atoms with van der Waals surface area (Å²) in [6.45, 7) is 0. The van der Waals surface area contributed by atoms with E-state index in [9.17, 15) is 0 Å². The molecule has 0 unspecified atom stereocenters. The van der Waals surface area contributed by atoms with Crippen LogP contribution in [0.4, 0.5) is 0 Å². The summed E-state index contributed by atoms with van der Waals surface area (Å²) in [5, 5.41) is 0. The molecule has 0 amide bonds. The summed E-state index contributed by atoms with van der Waals surface area (Å²) < 4.78 is 12.0. The van der Waals surface area contributed by atoms with E-state index in [0.717, 1.165) is 61.1 Å². The van der Waals surface area contributed by atoms with Crippen molar-refractivity contribution in [3.63, 3.8) is 0 Å². The molecule has 9 heteroatoms. The van der Waals surface area contributed by atoms with Gasteiger partial charge in [-0.3, -0.25) is 0 Å². The number of oxazole rings is 2. The van der Waals surface area contributed by atoms with Gasteiger partial charge in [0, 0.05) is 45.8 Å². The van der Waals surface area contributed by atoms with Gasteiger partial charge in [-0.05, 0) is 54.1 Å². The Morgan fingerprint density at radius 1 is 0.333 bits per heavy atom. The van der Waals surface area contributed by atoms with Crippen molar-refractivity contribution in [3.8, 4) is 68.2 Å². The lowest BCUT2D eigenvalue weighted by molar-refractivity contribution is 0.619. The molecule has 4 aromatic heterocycles. The Hall–Kier alpha value is -6.87. The summed E-state index contributed by atoms with van der Waals surface area (Å²) in [4.78, 5) is 32.3. The third-order valence-corrected chi connectivity index (χ3v) is 8.04. The number of benzene rings is 5. The molecule has 4 heterocycles. The molecule has 0 saturated heterocycles. The molecule has 48 heavy (non-hydrogen) atoms. The van der Waals surface area contributed by atoms with E-state index in [1.807, 2.05) is 121 Å². The summed E-state index contributed by atoms with van der Waals surface area (Å²) in [5.41, 5.74) is 9.30. The molecular weight excluding hydrogens is 598 g/mol. The number of fused-ring (bicyclic) bond motifs is 2. The second-order valence-corrected chi connectivity index (χ2v) is 11.1. The molecule has 0 aliphatic rings. The summed E-state index contributed by atoms with van der Waals surface area (Å²) in [6, 6.07) is 39.2. The fourth-order valence-electron chi connectivity index (χ4n) is 5.54. The maximum atomic E-state index is 5.98. The Balaban J connectivity index is 1.10.